The van der Waals surface area contributed by atoms with E-state index in [2.05, 4.69) is 35.6 Å². The summed E-state index contributed by atoms with van der Waals surface area (Å²) in [5.41, 5.74) is 3.10. The largest absolute Gasteiger partial charge is 0.382 e. The first kappa shape index (κ1) is 16.2. The van der Waals surface area contributed by atoms with Crippen LogP contribution in [0.1, 0.15) is 56.9 Å². The van der Waals surface area contributed by atoms with E-state index in [4.69, 9.17) is 12.2 Å². The molecule has 0 saturated carbocycles. The summed E-state index contributed by atoms with van der Waals surface area (Å²) < 4.78 is 0. The molecule has 1 N–H and O–H groups in total. The van der Waals surface area contributed by atoms with Gasteiger partial charge in [0.25, 0.3) is 0 Å². The lowest BCUT2D eigenvalue weighted by Gasteiger charge is -2.03. The van der Waals surface area contributed by atoms with Gasteiger partial charge in [0.2, 0.25) is 0 Å². The molecule has 2 heteroatoms. The smallest absolute Gasteiger partial charge is 0.0614 e. The van der Waals surface area contributed by atoms with Crippen LogP contribution in [0, 0.1) is 0 Å². The molecular weight excluding hydrogens is 250 g/mol. The number of nitrogens with one attached hydrogen (secondary N) is 1. The highest BCUT2D eigenvalue weighted by molar-refractivity contribution is 7.78. The Morgan fingerprint density at radius 2 is 1.37 bits per heavy atom. The van der Waals surface area contributed by atoms with E-state index in [-0.39, 0.29) is 0 Å². The van der Waals surface area contributed by atoms with Gasteiger partial charge in [-0.15, -0.1) is 0 Å². The van der Waals surface area contributed by atoms with Crippen LogP contribution in [0.3, 0.4) is 0 Å². The van der Waals surface area contributed by atoms with Crippen molar-refractivity contribution < 1.29 is 0 Å². The Kier molecular flexibility index (Phi) is 10.3. The summed E-state index contributed by atoms with van der Waals surface area (Å²) in [6, 6.07) is 10.8. The molecule has 0 aliphatic carbocycles. The summed E-state index contributed by atoms with van der Waals surface area (Å²) in [7, 11) is 0. The van der Waals surface area contributed by atoms with Crippen LogP contribution >= 0.6 is 12.2 Å². The van der Waals surface area contributed by atoms with Gasteiger partial charge in [-0.25, -0.2) is 0 Å². The van der Waals surface area contributed by atoms with Crippen molar-refractivity contribution in [1.82, 2.24) is 5.32 Å². The molecule has 0 bridgehead atoms. The average Bonchev–Trinajstić information content (AvgIpc) is 2.46. The zero-order valence-corrected chi connectivity index (χ0v) is 12.8. The minimum Gasteiger partial charge on any atom is -0.382 e. The molecule has 106 valence electrons. The molecule has 1 nitrogen and oxygen atoms in total. The molecule has 19 heavy (non-hydrogen) atoms. The van der Waals surface area contributed by atoms with Crippen molar-refractivity contribution in [3.63, 3.8) is 0 Å². The van der Waals surface area contributed by atoms with Crippen LogP contribution in [0.2, 0.25) is 0 Å². The van der Waals surface area contributed by atoms with E-state index in [1.807, 2.05) is 0 Å². The van der Waals surface area contributed by atoms with E-state index in [9.17, 15) is 0 Å². The van der Waals surface area contributed by atoms with Crippen molar-refractivity contribution in [2.75, 3.05) is 6.54 Å². The summed E-state index contributed by atoms with van der Waals surface area (Å²) in [5.74, 6) is 0. The second kappa shape index (κ2) is 12.2. The molecule has 0 aliphatic heterocycles. The fraction of sp³-hybridized carbons (Fsp3) is 0.588. The van der Waals surface area contributed by atoms with Crippen molar-refractivity contribution in [2.24, 2.45) is 0 Å². The third-order valence-corrected chi connectivity index (χ3v) is 3.63. The molecule has 0 aromatic heterocycles. The summed E-state index contributed by atoms with van der Waals surface area (Å²) in [6.45, 7) is 1.04. The summed E-state index contributed by atoms with van der Waals surface area (Å²) in [4.78, 5) is 0. The van der Waals surface area contributed by atoms with Crippen molar-refractivity contribution >= 4 is 17.7 Å². The normalized spacial score (nSPS) is 10.3. The van der Waals surface area contributed by atoms with Gasteiger partial charge < -0.3 is 5.32 Å². The molecule has 1 aromatic carbocycles. The summed E-state index contributed by atoms with van der Waals surface area (Å²) in [5, 5.41) is 3.07. The molecule has 0 radical (unpaired) electrons. The summed E-state index contributed by atoms with van der Waals surface area (Å²) >= 11 is 4.71. The maximum Gasteiger partial charge on any atom is 0.0614 e. The number of aryl methyl sites for hydroxylation is 1. The van der Waals surface area contributed by atoms with Gasteiger partial charge in [-0.05, 0) is 24.8 Å². The fourth-order valence-electron chi connectivity index (χ4n) is 2.32. The van der Waals surface area contributed by atoms with Crippen molar-refractivity contribution in [2.45, 2.75) is 57.8 Å². The Bertz CT molecular complexity index is 310. The average molecular weight is 277 g/mol. The van der Waals surface area contributed by atoms with Gasteiger partial charge in [0.05, 0.1) is 5.49 Å². The zero-order chi connectivity index (χ0) is 13.6. The highest BCUT2D eigenvalue weighted by atomic mass is 32.1. The topological polar surface area (TPSA) is 12.0 Å². The maximum absolute atomic E-state index is 4.71. The molecule has 0 fully saturated rings. The van der Waals surface area contributed by atoms with Crippen LogP contribution in [0.4, 0.5) is 0 Å². The zero-order valence-electron chi connectivity index (χ0n) is 11.9. The van der Waals surface area contributed by atoms with Gasteiger partial charge in [0, 0.05) is 6.54 Å². The molecule has 0 aliphatic rings. The Hall–Kier alpha value is -0.890. The quantitative estimate of drug-likeness (QED) is 0.431. The Labute approximate surface area is 123 Å². The first-order valence-corrected chi connectivity index (χ1v) is 8.11. The molecule has 0 spiro atoms. The Morgan fingerprint density at radius 3 is 2.00 bits per heavy atom. The minimum atomic E-state index is 1.04. The minimum absolute atomic E-state index is 1.04. The number of hydrogen-bond donors (Lipinski definition) is 1. The van der Waals surface area contributed by atoms with E-state index in [0.717, 1.165) is 6.54 Å². The van der Waals surface area contributed by atoms with Crippen molar-refractivity contribution in [1.29, 1.82) is 0 Å². The lowest BCUT2D eigenvalue weighted by Crippen LogP contribution is -2.10. The maximum atomic E-state index is 4.71. The first-order valence-electron chi connectivity index (χ1n) is 7.64. The van der Waals surface area contributed by atoms with Crippen LogP contribution in [-0.2, 0) is 6.42 Å². The highest BCUT2D eigenvalue weighted by Gasteiger charge is 1.94. The van der Waals surface area contributed by atoms with E-state index < -0.39 is 0 Å². The van der Waals surface area contributed by atoms with Gasteiger partial charge in [-0.3, -0.25) is 0 Å². The van der Waals surface area contributed by atoms with E-state index >= 15 is 0 Å². The van der Waals surface area contributed by atoms with Crippen molar-refractivity contribution in [3.8, 4) is 0 Å². The highest BCUT2D eigenvalue weighted by Crippen LogP contribution is 2.11. The van der Waals surface area contributed by atoms with Gasteiger partial charge in [0.15, 0.2) is 0 Å². The van der Waals surface area contributed by atoms with Crippen LogP contribution < -0.4 is 5.32 Å². The SMILES string of the molecule is S=CNCCCCCCCCCCc1ccccc1. The van der Waals surface area contributed by atoms with Gasteiger partial charge in [0.1, 0.15) is 0 Å². The molecule has 0 amide bonds. The lowest BCUT2D eigenvalue weighted by molar-refractivity contribution is 0.566. The third-order valence-electron chi connectivity index (χ3n) is 3.46. The van der Waals surface area contributed by atoms with Crippen LogP contribution in [0.5, 0.6) is 0 Å². The number of unbranched alkanes of at least 4 members (excludes halogenated alkanes) is 7. The molecule has 0 atom stereocenters. The Balaban J connectivity index is 1.80. The van der Waals surface area contributed by atoms with Gasteiger partial charge >= 0.3 is 0 Å². The predicted octanol–water partition coefficient (Wildman–Crippen LogP) is 4.90. The number of rotatable bonds is 12. The van der Waals surface area contributed by atoms with E-state index in [0.29, 0.717) is 0 Å². The van der Waals surface area contributed by atoms with E-state index in [1.165, 1.54) is 63.4 Å². The van der Waals surface area contributed by atoms with Crippen LogP contribution in [-0.4, -0.2) is 12.0 Å². The molecule has 0 unspecified atom stereocenters. The van der Waals surface area contributed by atoms with Gasteiger partial charge in [-0.2, -0.15) is 0 Å². The van der Waals surface area contributed by atoms with E-state index in [1.54, 1.807) is 5.49 Å². The molecule has 1 aromatic rings. The number of thiocarbonyl (C=S) groups is 1. The monoisotopic (exact) mass is 277 g/mol. The van der Waals surface area contributed by atoms with Crippen LogP contribution in [0.15, 0.2) is 30.3 Å². The molecule has 0 heterocycles. The second-order valence-electron chi connectivity index (χ2n) is 5.14. The molecular formula is C17H27NS. The van der Waals surface area contributed by atoms with Crippen LogP contribution in [0.25, 0.3) is 0 Å². The second-order valence-corrected chi connectivity index (χ2v) is 5.37. The lowest BCUT2D eigenvalue weighted by atomic mass is 10.0. The number of benzene rings is 1. The first-order chi connectivity index (χ1) is 9.43. The summed E-state index contributed by atoms with van der Waals surface area (Å²) in [6.07, 6.45) is 12.1. The van der Waals surface area contributed by atoms with Crippen molar-refractivity contribution in [3.05, 3.63) is 35.9 Å². The molecule has 1 rings (SSSR count). The molecule has 0 saturated heterocycles. The fourth-order valence-corrected chi connectivity index (χ4v) is 2.44. The van der Waals surface area contributed by atoms with Gasteiger partial charge in [-0.1, -0.05) is 81.1 Å². The Morgan fingerprint density at radius 1 is 0.789 bits per heavy atom. The number of hydrogen-bond acceptors (Lipinski definition) is 1. The third kappa shape index (κ3) is 9.66. The standard InChI is InChI=1S/C17H27NS/c19-16-18-15-11-6-4-2-1-3-5-8-12-17-13-9-7-10-14-17/h7,9-10,13-14,16H,1-6,8,11-12,15H2,(H,18,19). The predicted molar refractivity (Wildman–Crippen MR) is 88.7 cm³/mol.